The van der Waals surface area contributed by atoms with E-state index in [2.05, 4.69) is 158 Å². The molecule has 620 valence electrons. The number of piperazine rings is 2. The third-order valence-corrected chi connectivity index (χ3v) is 24.8. The average molecular weight is 1600 g/mol. The minimum Gasteiger partial charge on any atom is -0.495 e. The molecule has 8 aliphatic rings. The van der Waals surface area contributed by atoms with Crippen molar-refractivity contribution in [2.45, 2.75) is 143 Å². The van der Waals surface area contributed by atoms with Crippen molar-refractivity contribution < 1.29 is 62.4 Å². The molecule has 29 heteroatoms. The number of hydrogen-bond donors (Lipinski definition) is 7. The van der Waals surface area contributed by atoms with Gasteiger partial charge in [-0.25, -0.2) is 14.8 Å². The summed E-state index contributed by atoms with van der Waals surface area (Å²) in [6, 6.07) is 36.2. The van der Waals surface area contributed by atoms with Crippen molar-refractivity contribution in [2.75, 3.05) is 125 Å². The molecule has 6 saturated heterocycles. The Morgan fingerprint density at radius 3 is 1.21 bits per heavy atom. The zero-order valence-electron chi connectivity index (χ0n) is 68.6. The second kappa shape index (κ2) is 36.4. The minimum absolute atomic E-state index is 0.0717. The lowest BCUT2D eigenvalue weighted by Crippen LogP contribution is -2.74. The SMILES string of the molecule is COc1cc(OC2C(C)(C)C(NC(=O)c3ccc(N4CCC(CN5CCN(c6ccc(C(=O)N[C@H]7CCC(=O)NC7=O)nc6)CC5)CC4)cc3)C2(C)C)ccc1C#N.COc1cc(OC2C(C)(C)C(NC(=O)c3ccc(N4CCC(CN5CCN(c6ccc(C(=O)O)nc6)CC5)CC4)cc3)C2(C)C)ccc1C#N.N[C@H]1CCC(=O)NC1=O. The molecule has 2 atom stereocenters. The maximum Gasteiger partial charge on any atom is 0.354 e. The molecular formula is C88H110N16O13. The summed E-state index contributed by atoms with van der Waals surface area (Å²) in [4.78, 5) is 118. The minimum atomic E-state index is -1.00. The van der Waals surface area contributed by atoms with Gasteiger partial charge in [-0.05, 0) is 147 Å². The molecule has 6 aliphatic heterocycles. The smallest absolute Gasteiger partial charge is 0.354 e. The Balaban J connectivity index is 0.000000196. The van der Waals surface area contributed by atoms with Crippen LogP contribution in [0.2, 0.25) is 0 Å². The molecule has 8 fully saturated rings. The number of hydrogen-bond acceptors (Lipinski definition) is 23. The van der Waals surface area contributed by atoms with Crippen molar-refractivity contribution in [1.82, 2.24) is 46.4 Å². The summed E-state index contributed by atoms with van der Waals surface area (Å²) in [7, 11) is 3.08. The number of amides is 7. The highest BCUT2D eigenvalue weighted by Gasteiger charge is 2.65. The Hall–Kier alpha value is -11.4. The number of nitrogens with zero attached hydrogens (tertiary/aromatic N) is 10. The number of piperidine rings is 4. The van der Waals surface area contributed by atoms with Crippen LogP contribution in [-0.4, -0.2) is 214 Å². The van der Waals surface area contributed by atoms with E-state index in [9.17, 15) is 48.9 Å². The highest BCUT2D eigenvalue weighted by molar-refractivity contribution is 6.03. The number of aromatic nitrogens is 2. The Bertz CT molecular complexity index is 4630. The molecule has 6 aromatic rings. The summed E-state index contributed by atoms with van der Waals surface area (Å²) in [6.45, 7) is 30.5. The molecule has 0 unspecified atom stereocenters. The number of nitrogens with one attached hydrogen (secondary N) is 5. The predicted octanol–water partition coefficient (Wildman–Crippen LogP) is 8.21. The number of rotatable bonds is 21. The third kappa shape index (κ3) is 19.7. The van der Waals surface area contributed by atoms with Gasteiger partial charge in [0.2, 0.25) is 23.6 Å². The zero-order valence-corrected chi connectivity index (χ0v) is 68.6. The monoisotopic (exact) mass is 1600 g/mol. The first-order chi connectivity index (χ1) is 55.9. The number of anilines is 4. The van der Waals surface area contributed by atoms with Gasteiger partial charge in [0.15, 0.2) is 0 Å². The number of aromatic carboxylic acids is 1. The molecular weight excluding hydrogens is 1490 g/mol. The van der Waals surface area contributed by atoms with Crippen LogP contribution in [0.3, 0.4) is 0 Å². The summed E-state index contributed by atoms with van der Waals surface area (Å²) in [6.07, 6.45) is 8.86. The van der Waals surface area contributed by atoms with Gasteiger partial charge >= 0.3 is 5.97 Å². The first-order valence-corrected chi connectivity index (χ1v) is 40.5. The number of carboxylic acid groups (broad SMARTS) is 1. The van der Waals surface area contributed by atoms with Gasteiger partial charge in [0, 0.05) is 173 Å². The lowest BCUT2D eigenvalue weighted by atomic mass is 9.49. The van der Waals surface area contributed by atoms with E-state index in [-0.39, 0.29) is 99.7 Å². The molecule has 0 radical (unpaired) electrons. The Morgan fingerprint density at radius 1 is 0.479 bits per heavy atom. The number of methoxy groups -OCH3 is 2. The van der Waals surface area contributed by atoms with Crippen LogP contribution >= 0.6 is 0 Å². The molecule has 29 nitrogen and oxygen atoms in total. The van der Waals surface area contributed by atoms with Gasteiger partial charge in [0.25, 0.3) is 17.7 Å². The van der Waals surface area contributed by atoms with Crippen LogP contribution in [0.4, 0.5) is 22.7 Å². The largest absolute Gasteiger partial charge is 0.495 e. The first kappa shape index (κ1) is 85.0. The fourth-order valence-corrected chi connectivity index (χ4v) is 18.7. The second-order valence-electron chi connectivity index (χ2n) is 34.2. The summed E-state index contributed by atoms with van der Waals surface area (Å²) < 4.78 is 23.6. The van der Waals surface area contributed by atoms with Crippen LogP contribution in [-0.2, 0) is 19.2 Å². The molecule has 2 aromatic heterocycles. The number of carbonyl (C=O) groups excluding carboxylic acids is 7. The Kier molecular flexibility index (Phi) is 26.4. The number of pyridine rings is 2. The van der Waals surface area contributed by atoms with Crippen molar-refractivity contribution in [3.63, 3.8) is 0 Å². The summed E-state index contributed by atoms with van der Waals surface area (Å²) in [5.41, 5.74) is 10.6. The van der Waals surface area contributed by atoms with Crippen LogP contribution in [0.1, 0.15) is 160 Å². The lowest BCUT2D eigenvalue weighted by molar-refractivity contribution is -0.164. The molecule has 14 rings (SSSR count). The van der Waals surface area contributed by atoms with E-state index < -0.39 is 29.9 Å². The van der Waals surface area contributed by atoms with E-state index in [1.165, 1.54) is 14.2 Å². The van der Waals surface area contributed by atoms with Crippen LogP contribution < -0.4 is 70.9 Å². The van der Waals surface area contributed by atoms with Crippen LogP contribution in [0, 0.1) is 56.2 Å². The normalized spacial score (nSPS) is 23.0. The fraction of sp³-hybridized carbons (Fsp3) is 0.500. The number of nitriles is 2. The van der Waals surface area contributed by atoms with Crippen LogP contribution in [0.25, 0.3) is 0 Å². The molecule has 4 aromatic carbocycles. The molecule has 7 amide bonds. The van der Waals surface area contributed by atoms with Crippen molar-refractivity contribution in [2.24, 2.45) is 39.2 Å². The summed E-state index contributed by atoms with van der Waals surface area (Å²) >= 11 is 0. The maximum absolute atomic E-state index is 13.5. The molecule has 0 bridgehead atoms. The van der Waals surface area contributed by atoms with E-state index in [1.54, 1.807) is 60.9 Å². The van der Waals surface area contributed by atoms with Crippen molar-refractivity contribution in [3.05, 3.63) is 155 Å². The molecule has 8 heterocycles. The maximum atomic E-state index is 13.5. The van der Waals surface area contributed by atoms with Crippen molar-refractivity contribution >= 4 is 70.1 Å². The molecule has 2 saturated carbocycles. The Morgan fingerprint density at radius 2 is 0.855 bits per heavy atom. The van der Waals surface area contributed by atoms with Crippen LogP contribution in [0.15, 0.2) is 122 Å². The van der Waals surface area contributed by atoms with E-state index >= 15 is 0 Å². The number of carboxylic acids is 1. The van der Waals surface area contributed by atoms with Gasteiger partial charge in [0.05, 0.1) is 55.2 Å². The highest BCUT2D eigenvalue weighted by Crippen LogP contribution is 2.57. The third-order valence-electron chi connectivity index (χ3n) is 24.8. The van der Waals surface area contributed by atoms with Crippen LogP contribution in [0.5, 0.6) is 23.0 Å². The number of benzene rings is 4. The molecule has 0 spiro atoms. The highest BCUT2D eigenvalue weighted by atomic mass is 16.5. The predicted molar refractivity (Wildman–Crippen MR) is 441 cm³/mol. The Labute approximate surface area is 684 Å². The zero-order chi connectivity index (χ0) is 83.7. The van der Waals surface area contributed by atoms with Crippen molar-refractivity contribution in [3.8, 4) is 35.1 Å². The van der Waals surface area contributed by atoms with Gasteiger partial charge in [-0.3, -0.25) is 54.0 Å². The van der Waals surface area contributed by atoms with E-state index in [4.69, 9.17) is 29.8 Å². The lowest BCUT2D eigenvalue weighted by Gasteiger charge is -2.63. The average Bonchev–Trinajstić information content (AvgIpc) is 0.711. The molecule has 2 aliphatic carbocycles. The van der Waals surface area contributed by atoms with Gasteiger partial charge in [-0.2, -0.15) is 10.5 Å². The summed E-state index contributed by atoms with van der Waals surface area (Å²) in [5, 5.41) is 41.4. The van der Waals surface area contributed by atoms with E-state index in [1.807, 2.05) is 36.4 Å². The molecule has 8 N–H and O–H groups in total. The first-order valence-electron chi connectivity index (χ1n) is 40.5. The topological polar surface area (TPSA) is 373 Å². The fourth-order valence-electron chi connectivity index (χ4n) is 18.7. The van der Waals surface area contributed by atoms with Gasteiger partial charge < -0.3 is 65.3 Å². The van der Waals surface area contributed by atoms with E-state index in [0.29, 0.717) is 69.9 Å². The van der Waals surface area contributed by atoms with Crippen molar-refractivity contribution in [1.29, 1.82) is 10.5 Å². The van der Waals surface area contributed by atoms with E-state index in [0.717, 1.165) is 140 Å². The number of nitrogens with two attached hydrogens (primary N) is 1. The number of ether oxygens (including phenoxy) is 4. The van der Waals surface area contributed by atoms with Gasteiger partial charge in [-0.15, -0.1) is 0 Å². The number of imide groups is 2. The molecule has 117 heavy (non-hydrogen) atoms. The van der Waals surface area contributed by atoms with Gasteiger partial charge in [0.1, 0.15) is 64.8 Å². The van der Waals surface area contributed by atoms with Gasteiger partial charge in [-0.1, -0.05) is 55.4 Å². The summed E-state index contributed by atoms with van der Waals surface area (Å²) in [5.74, 6) is 0.485. The second-order valence-corrected chi connectivity index (χ2v) is 34.2. The standard InChI is InChI=1S/C44H54N8O6.C39H48N6O5.C5H8N2O2/c1-43(2)41(44(3,4)42(43)58-33-12-8-30(25-45)36(24-33)57-5)49-38(54)29-6-9-31(10-7-29)51-18-16-28(17-19-51)27-50-20-22-52(23-21-50)32-11-13-34(46-26-32)39(55)47-35-14-15-37(53)48-40(35)56;1-38(2)36(39(3,4)37(38)50-31-12-8-28(23-40)33(22-31)49-5)42-34(46)27-6-9-29(10-7-27)44-16-14-26(15-17-44)25-43-18-20-45(21-19-43)30-11-13-32(35(47)48)41-24-30;6-3-1-2-4(8)7-5(3)9/h6-13,24,26,28,35,41-42H,14-23,27H2,1-5H3,(H,47,55)(H,49,54)(H,48,53,56);6-13,22,24,26,36-37H,14-21,25H2,1-5H3,(H,42,46)(H,47,48);3H,1-2,6H2,(H,7,8,9)/t35-,41?,42?;;3-/m0.0/s1. The quantitative estimate of drug-likeness (QED) is 0.0334. The number of carbonyl (C=O) groups is 8.